The number of rotatable bonds is 3. The molecule has 17 heavy (non-hydrogen) atoms. The van der Waals surface area contributed by atoms with Crippen LogP contribution in [0, 0.1) is 0 Å². The summed E-state index contributed by atoms with van der Waals surface area (Å²) in [5, 5.41) is 0. The number of ether oxygens (including phenoxy) is 1. The zero-order valence-electron chi connectivity index (χ0n) is 9.30. The fourth-order valence-corrected chi connectivity index (χ4v) is 2.76. The molecule has 0 aromatic heterocycles. The summed E-state index contributed by atoms with van der Waals surface area (Å²) >= 11 is 6.70. The average molecular weight is 267 g/mol. The Kier molecular flexibility index (Phi) is 4.39. The molecule has 2 rings (SSSR count). The number of hydrogen-bond donors (Lipinski definition) is 0. The van der Waals surface area contributed by atoms with E-state index >= 15 is 0 Å². The van der Waals surface area contributed by atoms with Crippen molar-refractivity contribution in [3.05, 3.63) is 30.3 Å². The molecule has 1 saturated heterocycles. The SMILES string of the molecule is O=C(COc1ccccc1)N1CCCSC1=S. The van der Waals surface area contributed by atoms with Gasteiger partial charge in [0.25, 0.3) is 5.91 Å². The van der Waals surface area contributed by atoms with Crippen molar-refractivity contribution in [2.75, 3.05) is 18.9 Å². The summed E-state index contributed by atoms with van der Waals surface area (Å²) in [5.41, 5.74) is 0. The van der Waals surface area contributed by atoms with Crippen molar-refractivity contribution in [1.82, 2.24) is 4.90 Å². The van der Waals surface area contributed by atoms with E-state index in [9.17, 15) is 4.79 Å². The van der Waals surface area contributed by atoms with Crippen LogP contribution in [0.4, 0.5) is 0 Å². The Morgan fingerprint density at radius 1 is 1.41 bits per heavy atom. The van der Waals surface area contributed by atoms with E-state index in [1.807, 2.05) is 30.3 Å². The molecular formula is C12H13NO2S2. The summed E-state index contributed by atoms with van der Waals surface area (Å²) in [6.45, 7) is 0.757. The Balaban J connectivity index is 1.87. The third-order valence-corrected chi connectivity index (χ3v) is 3.91. The van der Waals surface area contributed by atoms with Crippen molar-refractivity contribution in [1.29, 1.82) is 0 Å². The van der Waals surface area contributed by atoms with Crippen molar-refractivity contribution >= 4 is 34.2 Å². The normalized spacial score (nSPS) is 15.8. The monoisotopic (exact) mass is 267 g/mol. The number of carbonyl (C=O) groups excluding carboxylic acids is 1. The van der Waals surface area contributed by atoms with Crippen LogP contribution in [0.15, 0.2) is 30.3 Å². The number of para-hydroxylation sites is 1. The first-order valence-corrected chi connectivity index (χ1v) is 6.82. The second-order valence-corrected chi connectivity index (χ2v) is 5.34. The molecule has 90 valence electrons. The molecule has 0 atom stereocenters. The lowest BCUT2D eigenvalue weighted by Gasteiger charge is -2.26. The van der Waals surface area contributed by atoms with Gasteiger partial charge in [0.05, 0.1) is 0 Å². The Labute approximate surface area is 110 Å². The van der Waals surface area contributed by atoms with Crippen LogP contribution < -0.4 is 4.74 Å². The molecule has 0 bridgehead atoms. The number of thioether (sulfide) groups is 1. The van der Waals surface area contributed by atoms with E-state index in [1.165, 1.54) is 0 Å². The van der Waals surface area contributed by atoms with Crippen LogP contribution in [0.3, 0.4) is 0 Å². The highest BCUT2D eigenvalue weighted by atomic mass is 32.2. The topological polar surface area (TPSA) is 29.5 Å². The number of hydrogen-bond acceptors (Lipinski definition) is 4. The minimum atomic E-state index is -0.0638. The van der Waals surface area contributed by atoms with Gasteiger partial charge in [-0.2, -0.15) is 0 Å². The van der Waals surface area contributed by atoms with Gasteiger partial charge in [0.15, 0.2) is 6.61 Å². The van der Waals surface area contributed by atoms with Crippen molar-refractivity contribution < 1.29 is 9.53 Å². The molecule has 1 amide bonds. The summed E-state index contributed by atoms with van der Waals surface area (Å²) < 4.78 is 6.07. The Hall–Kier alpha value is -1.07. The molecule has 3 nitrogen and oxygen atoms in total. The molecule has 1 aromatic carbocycles. The first-order chi connectivity index (χ1) is 8.27. The molecule has 0 unspecified atom stereocenters. The van der Waals surface area contributed by atoms with Gasteiger partial charge < -0.3 is 4.74 Å². The van der Waals surface area contributed by atoms with E-state index < -0.39 is 0 Å². The minimum Gasteiger partial charge on any atom is -0.484 e. The van der Waals surface area contributed by atoms with Gasteiger partial charge >= 0.3 is 0 Å². The zero-order valence-corrected chi connectivity index (χ0v) is 10.9. The van der Waals surface area contributed by atoms with Gasteiger partial charge in [0.2, 0.25) is 0 Å². The molecule has 1 heterocycles. The van der Waals surface area contributed by atoms with Crippen LogP contribution in [-0.2, 0) is 4.79 Å². The van der Waals surface area contributed by atoms with Crippen molar-refractivity contribution in [2.45, 2.75) is 6.42 Å². The highest BCUT2D eigenvalue weighted by molar-refractivity contribution is 8.23. The standard InChI is InChI=1S/C12H13NO2S2/c14-11(13-7-4-8-17-12(13)16)9-15-10-5-2-1-3-6-10/h1-3,5-6H,4,7-9H2. The maximum absolute atomic E-state index is 11.9. The second-order valence-electron chi connectivity index (χ2n) is 3.62. The van der Waals surface area contributed by atoms with Crippen LogP contribution in [0.5, 0.6) is 5.75 Å². The highest BCUT2D eigenvalue weighted by Crippen LogP contribution is 2.18. The lowest BCUT2D eigenvalue weighted by atomic mass is 10.3. The summed E-state index contributed by atoms with van der Waals surface area (Å²) in [4.78, 5) is 13.5. The largest absolute Gasteiger partial charge is 0.484 e. The third kappa shape index (κ3) is 3.44. The third-order valence-electron chi connectivity index (χ3n) is 2.38. The fourth-order valence-electron chi connectivity index (χ4n) is 1.52. The number of thiocarbonyl (C=S) groups is 1. The van der Waals surface area contributed by atoms with E-state index in [0.29, 0.717) is 16.6 Å². The molecule has 0 radical (unpaired) electrons. The van der Waals surface area contributed by atoms with E-state index in [4.69, 9.17) is 17.0 Å². The zero-order chi connectivity index (χ0) is 12.1. The smallest absolute Gasteiger partial charge is 0.265 e. The summed E-state index contributed by atoms with van der Waals surface area (Å²) in [6, 6.07) is 9.32. The lowest BCUT2D eigenvalue weighted by molar-refractivity contribution is -0.129. The first-order valence-electron chi connectivity index (χ1n) is 5.42. The van der Waals surface area contributed by atoms with Gasteiger partial charge in [-0.25, -0.2) is 0 Å². The molecule has 0 saturated carbocycles. The summed E-state index contributed by atoms with van der Waals surface area (Å²) in [7, 11) is 0. The maximum Gasteiger partial charge on any atom is 0.265 e. The number of carbonyl (C=O) groups is 1. The Morgan fingerprint density at radius 3 is 2.88 bits per heavy atom. The average Bonchev–Trinajstić information content (AvgIpc) is 2.38. The fraction of sp³-hybridized carbons (Fsp3) is 0.333. The molecule has 0 aliphatic carbocycles. The minimum absolute atomic E-state index is 0.0463. The Morgan fingerprint density at radius 2 is 2.18 bits per heavy atom. The van der Waals surface area contributed by atoms with Gasteiger partial charge in [0.1, 0.15) is 10.1 Å². The molecule has 0 N–H and O–H groups in total. The van der Waals surface area contributed by atoms with Crippen LogP contribution >= 0.6 is 24.0 Å². The summed E-state index contributed by atoms with van der Waals surface area (Å²) in [6.07, 6.45) is 0.988. The number of benzene rings is 1. The van der Waals surface area contributed by atoms with Gasteiger partial charge in [-0.1, -0.05) is 42.2 Å². The molecule has 0 spiro atoms. The molecule has 5 heteroatoms. The van der Waals surface area contributed by atoms with Crippen LogP contribution in [0.1, 0.15) is 6.42 Å². The molecule has 1 aliphatic heterocycles. The van der Waals surface area contributed by atoms with Crippen LogP contribution in [0.2, 0.25) is 0 Å². The Bertz CT molecular complexity index is 408. The van der Waals surface area contributed by atoms with Gasteiger partial charge in [0, 0.05) is 12.3 Å². The quantitative estimate of drug-likeness (QED) is 0.786. The molecule has 1 aromatic rings. The lowest BCUT2D eigenvalue weighted by Crippen LogP contribution is -2.40. The van der Waals surface area contributed by atoms with Gasteiger partial charge in [-0.3, -0.25) is 9.69 Å². The van der Waals surface area contributed by atoms with Gasteiger partial charge in [-0.05, 0) is 18.6 Å². The van der Waals surface area contributed by atoms with Crippen LogP contribution in [-0.4, -0.2) is 34.0 Å². The van der Waals surface area contributed by atoms with E-state index in [0.717, 1.165) is 12.2 Å². The van der Waals surface area contributed by atoms with Crippen LogP contribution in [0.25, 0.3) is 0 Å². The van der Waals surface area contributed by atoms with Crippen molar-refractivity contribution in [3.63, 3.8) is 0 Å². The van der Waals surface area contributed by atoms with Gasteiger partial charge in [-0.15, -0.1) is 0 Å². The molecule has 1 fully saturated rings. The first kappa shape index (κ1) is 12.4. The van der Waals surface area contributed by atoms with Crippen molar-refractivity contribution in [3.8, 4) is 5.75 Å². The number of amides is 1. The second kappa shape index (κ2) is 6.02. The summed E-state index contributed by atoms with van der Waals surface area (Å²) in [5.74, 6) is 1.64. The maximum atomic E-state index is 11.9. The van der Waals surface area contributed by atoms with Crippen molar-refractivity contribution in [2.24, 2.45) is 0 Å². The van der Waals surface area contributed by atoms with E-state index in [-0.39, 0.29) is 12.5 Å². The van der Waals surface area contributed by atoms with E-state index in [1.54, 1.807) is 16.7 Å². The molecule has 1 aliphatic rings. The predicted octanol–water partition coefficient (Wildman–Crippen LogP) is 2.32. The molecular weight excluding hydrogens is 254 g/mol. The van der Waals surface area contributed by atoms with E-state index in [2.05, 4.69) is 0 Å². The predicted molar refractivity (Wildman–Crippen MR) is 73.3 cm³/mol. The number of nitrogens with zero attached hydrogens (tertiary/aromatic N) is 1. The highest BCUT2D eigenvalue weighted by Gasteiger charge is 2.22.